The number of carbonyl (C=O) groups excluding carboxylic acids is 2. The number of likely N-dealkylation sites (N-methyl/N-ethyl adjacent to an activating group) is 1. The summed E-state index contributed by atoms with van der Waals surface area (Å²) in [5, 5.41) is 4.97. The largest absolute Gasteiger partial charge is 0.573 e. The first-order chi connectivity index (χ1) is 9.73. The van der Waals surface area contributed by atoms with Gasteiger partial charge in [-0.1, -0.05) is 12.1 Å². The van der Waals surface area contributed by atoms with Crippen molar-refractivity contribution in [3.63, 3.8) is 0 Å². The fraction of sp³-hybridized carbons (Fsp3) is 0.385. The summed E-state index contributed by atoms with van der Waals surface area (Å²) < 4.78 is 39.9. The number of alkyl halides is 3. The van der Waals surface area contributed by atoms with Gasteiger partial charge in [-0.25, -0.2) is 0 Å². The van der Waals surface area contributed by atoms with E-state index in [1.165, 1.54) is 19.1 Å². The van der Waals surface area contributed by atoms with E-state index in [4.69, 9.17) is 0 Å². The Balaban J connectivity index is 2.93. The molecule has 0 radical (unpaired) electrons. The lowest BCUT2D eigenvalue weighted by molar-refractivity contribution is -0.274. The second-order valence-electron chi connectivity index (χ2n) is 4.14. The predicted molar refractivity (Wildman–Crippen MR) is 68.4 cm³/mol. The maximum atomic E-state index is 12.1. The van der Waals surface area contributed by atoms with Crippen LogP contribution in [0.2, 0.25) is 0 Å². The third-order valence-electron chi connectivity index (χ3n) is 2.41. The highest BCUT2D eigenvalue weighted by Crippen LogP contribution is 2.24. The van der Waals surface area contributed by atoms with Crippen molar-refractivity contribution in [3.05, 3.63) is 29.8 Å². The van der Waals surface area contributed by atoms with Crippen molar-refractivity contribution >= 4 is 11.8 Å². The molecule has 0 spiro atoms. The first kappa shape index (κ1) is 16.8. The smallest absolute Gasteiger partial charge is 0.406 e. The second-order valence-corrected chi connectivity index (χ2v) is 4.14. The van der Waals surface area contributed by atoms with Crippen LogP contribution in [0.1, 0.15) is 25.5 Å². The monoisotopic (exact) mass is 304 g/mol. The van der Waals surface area contributed by atoms with Crippen molar-refractivity contribution in [3.8, 4) is 5.75 Å². The van der Waals surface area contributed by atoms with Gasteiger partial charge >= 0.3 is 6.36 Å². The van der Waals surface area contributed by atoms with Crippen molar-refractivity contribution in [1.29, 1.82) is 0 Å². The molecule has 0 aliphatic carbocycles. The molecular formula is C13H15F3N2O3. The van der Waals surface area contributed by atoms with Crippen molar-refractivity contribution in [2.45, 2.75) is 26.3 Å². The lowest BCUT2D eigenvalue weighted by Gasteiger charge is -2.18. The minimum atomic E-state index is -4.78. The Morgan fingerprint density at radius 3 is 2.24 bits per heavy atom. The fourth-order valence-electron chi connectivity index (χ4n) is 1.64. The molecule has 116 valence electrons. The molecule has 0 saturated carbocycles. The van der Waals surface area contributed by atoms with Crippen molar-refractivity contribution in [2.75, 3.05) is 6.54 Å². The molecule has 0 aliphatic heterocycles. The van der Waals surface area contributed by atoms with E-state index in [9.17, 15) is 22.8 Å². The summed E-state index contributed by atoms with van der Waals surface area (Å²) in [6, 6.07) is 3.77. The molecule has 2 N–H and O–H groups in total. The molecule has 0 bridgehead atoms. The average molecular weight is 304 g/mol. The maximum absolute atomic E-state index is 12.1. The van der Waals surface area contributed by atoms with Crippen molar-refractivity contribution < 1.29 is 27.5 Å². The SMILES string of the molecule is CCNC(=O)C(NC(C)=O)c1ccc(OC(F)(F)F)cc1. The first-order valence-electron chi connectivity index (χ1n) is 6.13. The van der Waals surface area contributed by atoms with E-state index in [0.29, 0.717) is 12.1 Å². The van der Waals surface area contributed by atoms with Crippen LogP contribution >= 0.6 is 0 Å². The number of carbonyl (C=O) groups is 2. The van der Waals surface area contributed by atoms with E-state index >= 15 is 0 Å². The Morgan fingerprint density at radius 1 is 1.24 bits per heavy atom. The van der Waals surface area contributed by atoms with E-state index in [0.717, 1.165) is 12.1 Å². The van der Waals surface area contributed by atoms with E-state index in [1.54, 1.807) is 6.92 Å². The molecule has 0 saturated heterocycles. The van der Waals surface area contributed by atoms with Crippen molar-refractivity contribution in [1.82, 2.24) is 10.6 Å². The van der Waals surface area contributed by atoms with Gasteiger partial charge in [0.2, 0.25) is 11.8 Å². The fourth-order valence-corrected chi connectivity index (χ4v) is 1.64. The van der Waals surface area contributed by atoms with Gasteiger partial charge in [0.05, 0.1) is 0 Å². The normalized spacial score (nSPS) is 12.4. The van der Waals surface area contributed by atoms with Crippen LogP contribution in [0.15, 0.2) is 24.3 Å². The van der Waals surface area contributed by atoms with Gasteiger partial charge in [0, 0.05) is 13.5 Å². The predicted octanol–water partition coefficient (Wildman–Crippen LogP) is 1.90. The second kappa shape index (κ2) is 6.96. The molecule has 1 atom stereocenters. The molecule has 21 heavy (non-hydrogen) atoms. The van der Waals surface area contributed by atoms with Crippen LogP contribution in [0, 0.1) is 0 Å². The number of ether oxygens (including phenoxy) is 1. The quantitative estimate of drug-likeness (QED) is 0.873. The maximum Gasteiger partial charge on any atom is 0.573 e. The van der Waals surface area contributed by atoms with Gasteiger partial charge in [0.25, 0.3) is 0 Å². The van der Waals surface area contributed by atoms with Gasteiger partial charge in [0.15, 0.2) is 0 Å². The van der Waals surface area contributed by atoms with Crippen LogP contribution in [0.3, 0.4) is 0 Å². The van der Waals surface area contributed by atoms with Crippen molar-refractivity contribution in [2.24, 2.45) is 0 Å². The highest BCUT2D eigenvalue weighted by Gasteiger charge is 2.31. The third-order valence-corrected chi connectivity index (χ3v) is 2.41. The van der Waals surface area contributed by atoms with Gasteiger partial charge in [-0.05, 0) is 24.6 Å². The van der Waals surface area contributed by atoms with Gasteiger partial charge in [-0.15, -0.1) is 13.2 Å². The summed E-state index contributed by atoms with van der Waals surface area (Å²) in [5.41, 5.74) is 0.352. The summed E-state index contributed by atoms with van der Waals surface area (Å²) in [5.74, 6) is -1.28. The van der Waals surface area contributed by atoms with Crippen LogP contribution in [0.4, 0.5) is 13.2 Å². The third kappa shape index (κ3) is 5.72. The molecule has 0 fully saturated rings. The number of hydrogen-bond donors (Lipinski definition) is 2. The van der Waals surface area contributed by atoms with Crippen LogP contribution < -0.4 is 15.4 Å². The summed E-state index contributed by atoms with van der Waals surface area (Å²) in [7, 11) is 0. The molecule has 2 amide bonds. The molecule has 0 aromatic heterocycles. The van der Waals surface area contributed by atoms with E-state index in [-0.39, 0.29) is 0 Å². The van der Waals surface area contributed by atoms with Crippen LogP contribution in [-0.2, 0) is 9.59 Å². The lowest BCUT2D eigenvalue weighted by Crippen LogP contribution is -2.39. The molecule has 1 aromatic carbocycles. The van der Waals surface area contributed by atoms with Crippen LogP contribution in [0.25, 0.3) is 0 Å². The minimum absolute atomic E-state index is 0.352. The number of nitrogens with one attached hydrogen (secondary N) is 2. The minimum Gasteiger partial charge on any atom is -0.406 e. The van der Waals surface area contributed by atoms with Crippen LogP contribution in [-0.4, -0.2) is 24.7 Å². The molecule has 8 heteroatoms. The number of hydrogen-bond acceptors (Lipinski definition) is 3. The summed E-state index contributed by atoms with van der Waals surface area (Å²) in [4.78, 5) is 23.0. The number of amides is 2. The highest BCUT2D eigenvalue weighted by molar-refractivity contribution is 5.87. The molecule has 0 aliphatic rings. The zero-order valence-corrected chi connectivity index (χ0v) is 11.5. The number of rotatable bonds is 5. The van der Waals surface area contributed by atoms with Gasteiger partial charge < -0.3 is 15.4 Å². The molecular weight excluding hydrogens is 289 g/mol. The Labute approximate surface area is 119 Å². The Hall–Kier alpha value is -2.25. The molecule has 1 unspecified atom stereocenters. The lowest BCUT2D eigenvalue weighted by atomic mass is 10.1. The zero-order chi connectivity index (χ0) is 16.0. The molecule has 1 rings (SSSR count). The van der Waals surface area contributed by atoms with E-state index in [2.05, 4.69) is 15.4 Å². The Kier molecular flexibility index (Phi) is 5.57. The van der Waals surface area contributed by atoms with E-state index in [1.807, 2.05) is 0 Å². The first-order valence-corrected chi connectivity index (χ1v) is 6.13. The molecule has 0 heterocycles. The summed E-state index contributed by atoms with van der Waals surface area (Å²) in [6.07, 6.45) is -4.78. The van der Waals surface area contributed by atoms with Gasteiger partial charge in [0.1, 0.15) is 11.8 Å². The molecule has 5 nitrogen and oxygen atoms in total. The van der Waals surface area contributed by atoms with Crippen LogP contribution in [0.5, 0.6) is 5.75 Å². The zero-order valence-electron chi connectivity index (χ0n) is 11.5. The molecule has 1 aromatic rings. The number of halogens is 3. The Morgan fingerprint density at radius 2 is 1.81 bits per heavy atom. The topological polar surface area (TPSA) is 67.4 Å². The standard InChI is InChI=1S/C13H15F3N2O3/c1-3-17-12(20)11(18-8(2)19)9-4-6-10(7-5-9)21-13(14,15)16/h4-7,11H,3H2,1-2H3,(H,17,20)(H,18,19). The Bertz CT molecular complexity index is 500. The summed E-state index contributed by atoms with van der Waals surface area (Å²) >= 11 is 0. The van der Waals surface area contributed by atoms with Gasteiger partial charge in [-0.2, -0.15) is 0 Å². The van der Waals surface area contributed by atoms with Gasteiger partial charge in [-0.3, -0.25) is 9.59 Å². The number of benzene rings is 1. The summed E-state index contributed by atoms with van der Waals surface area (Å²) in [6.45, 7) is 3.32. The highest BCUT2D eigenvalue weighted by atomic mass is 19.4. The average Bonchev–Trinajstić information content (AvgIpc) is 2.35. The van der Waals surface area contributed by atoms with E-state index < -0.39 is 30.0 Å².